The highest BCUT2D eigenvalue weighted by Gasteiger charge is 2.33. The van der Waals surface area contributed by atoms with Crippen molar-refractivity contribution in [1.29, 1.82) is 0 Å². The Labute approximate surface area is 67.3 Å². The number of rotatable bonds is 4. The Kier molecular flexibility index (Phi) is 2.11. The van der Waals surface area contributed by atoms with E-state index in [-0.39, 0.29) is 0 Å². The molecule has 11 heavy (non-hydrogen) atoms. The fraction of sp³-hybridized carbons (Fsp3) is 1.00. The molecular weight excluding hydrogens is 142 g/mol. The highest BCUT2D eigenvalue weighted by Crippen LogP contribution is 2.17. The Balaban J connectivity index is 1.56. The van der Waals surface area contributed by atoms with Crippen molar-refractivity contribution in [3.05, 3.63) is 0 Å². The number of hydrogen-bond acceptors (Lipinski definition) is 3. The van der Waals surface area contributed by atoms with Gasteiger partial charge in [-0.25, -0.2) is 0 Å². The van der Waals surface area contributed by atoms with Crippen LogP contribution in [-0.2, 0) is 9.47 Å². The minimum absolute atomic E-state index is 0.499. The molecule has 2 aliphatic heterocycles. The molecule has 0 spiro atoms. The molecular formula is C8H15NO2. The first-order valence-electron chi connectivity index (χ1n) is 4.34. The van der Waals surface area contributed by atoms with Crippen molar-refractivity contribution in [2.24, 2.45) is 0 Å². The van der Waals surface area contributed by atoms with Crippen molar-refractivity contribution in [1.82, 2.24) is 4.90 Å². The summed E-state index contributed by atoms with van der Waals surface area (Å²) >= 11 is 0. The molecule has 2 fully saturated rings. The predicted molar refractivity (Wildman–Crippen MR) is 41.6 cm³/mol. The second kappa shape index (κ2) is 3.09. The van der Waals surface area contributed by atoms with Gasteiger partial charge in [0, 0.05) is 26.2 Å². The van der Waals surface area contributed by atoms with E-state index in [0.29, 0.717) is 12.2 Å². The maximum absolute atomic E-state index is 5.43. The van der Waals surface area contributed by atoms with Gasteiger partial charge in [-0.05, 0) is 6.92 Å². The molecule has 3 nitrogen and oxygen atoms in total. The fourth-order valence-electron chi connectivity index (χ4n) is 1.47. The van der Waals surface area contributed by atoms with Crippen LogP contribution in [0.4, 0.5) is 0 Å². The number of likely N-dealkylation sites (tertiary alicyclic amines) is 1. The SMILES string of the molecule is CCOC1CN(C[C@@H]2CO2)C1. The molecule has 2 rings (SSSR count). The summed E-state index contributed by atoms with van der Waals surface area (Å²) < 4.78 is 10.6. The fourth-order valence-corrected chi connectivity index (χ4v) is 1.47. The molecule has 3 heteroatoms. The normalized spacial score (nSPS) is 31.9. The maximum Gasteiger partial charge on any atom is 0.0936 e. The highest BCUT2D eigenvalue weighted by atomic mass is 16.6. The maximum atomic E-state index is 5.43. The second-order valence-electron chi connectivity index (χ2n) is 3.25. The van der Waals surface area contributed by atoms with Crippen LogP contribution in [-0.4, -0.2) is 50.0 Å². The smallest absolute Gasteiger partial charge is 0.0936 e. The minimum Gasteiger partial charge on any atom is -0.376 e. The van der Waals surface area contributed by atoms with E-state index in [9.17, 15) is 0 Å². The van der Waals surface area contributed by atoms with Gasteiger partial charge >= 0.3 is 0 Å². The van der Waals surface area contributed by atoms with Gasteiger partial charge in [0.05, 0.1) is 18.8 Å². The second-order valence-corrected chi connectivity index (χ2v) is 3.25. The first-order chi connectivity index (χ1) is 5.38. The first-order valence-corrected chi connectivity index (χ1v) is 4.34. The molecule has 0 aliphatic carbocycles. The van der Waals surface area contributed by atoms with Crippen molar-refractivity contribution in [3.63, 3.8) is 0 Å². The lowest BCUT2D eigenvalue weighted by Gasteiger charge is -2.38. The van der Waals surface area contributed by atoms with Crippen LogP contribution < -0.4 is 0 Å². The summed E-state index contributed by atoms with van der Waals surface area (Å²) in [5.74, 6) is 0. The van der Waals surface area contributed by atoms with Gasteiger partial charge in [0.25, 0.3) is 0 Å². The molecule has 0 unspecified atom stereocenters. The van der Waals surface area contributed by atoms with Crippen molar-refractivity contribution in [2.45, 2.75) is 19.1 Å². The largest absolute Gasteiger partial charge is 0.376 e. The third kappa shape index (κ3) is 1.92. The van der Waals surface area contributed by atoms with E-state index >= 15 is 0 Å². The Morgan fingerprint density at radius 3 is 2.82 bits per heavy atom. The standard InChI is InChI=1S/C8H15NO2/c1-2-10-7-3-9(4-7)5-8-6-11-8/h7-8H,2-6H2,1H3/t8-/m1/s1. The van der Waals surface area contributed by atoms with E-state index in [0.717, 1.165) is 32.8 Å². The molecule has 2 heterocycles. The Morgan fingerprint density at radius 1 is 1.55 bits per heavy atom. The summed E-state index contributed by atoms with van der Waals surface area (Å²) in [7, 11) is 0. The molecule has 0 amide bonds. The summed E-state index contributed by atoms with van der Waals surface area (Å²) in [5.41, 5.74) is 0. The Morgan fingerprint density at radius 2 is 2.27 bits per heavy atom. The van der Waals surface area contributed by atoms with Gasteiger partial charge in [-0.2, -0.15) is 0 Å². The van der Waals surface area contributed by atoms with Gasteiger partial charge in [0.1, 0.15) is 0 Å². The van der Waals surface area contributed by atoms with Crippen LogP contribution in [0.3, 0.4) is 0 Å². The molecule has 0 N–H and O–H groups in total. The van der Waals surface area contributed by atoms with E-state index in [1.165, 1.54) is 0 Å². The van der Waals surface area contributed by atoms with Crippen LogP contribution in [0, 0.1) is 0 Å². The van der Waals surface area contributed by atoms with Crippen LogP contribution in [0.15, 0.2) is 0 Å². The lowest BCUT2D eigenvalue weighted by Crippen LogP contribution is -2.53. The van der Waals surface area contributed by atoms with Gasteiger partial charge in [0.2, 0.25) is 0 Å². The molecule has 0 bridgehead atoms. The Hall–Kier alpha value is -0.120. The van der Waals surface area contributed by atoms with E-state index in [4.69, 9.17) is 9.47 Å². The molecule has 0 aromatic heterocycles. The van der Waals surface area contributed by atoms with Gasteiger partial charge < -0.3 is 9.47 Å². The van der Waals surface area contributed by atoms with Gasteiger partial charge in [-0.1, -0.05) is 0 Å². The average molecular weight is 157 g/mol. The van der Waals surface area contributed by atoms with Crippen LogP contribution in [0.25, 0.3) is 0 Å². The summed E-state index contributed by atoms with van der Waals surface area (Å²) in [5, 5.41) is 0. The summed E-state index contributed by atoms with van der Waals surface area (Å²) in [6.07, 6.45) is 1.04. The van der Waals surface area contributed by atoms with E-state index in [1.54, 1.807) is 0 Å². The van der Waals surface area contributed by atoms with E-state index in [1.807, 2.05) is 6.92 Å². The third-order valence-corrected chi connectivity index (χ3v) is 2.19. The zero-order chi connectivity index (χ0) is 7.68. The summed E-state index contributed by atoms with van der Waals surface area (Å²) in [6.45, 7) is 7.19. The Bertz CT molecular complexity index is 130. The highest BCUT2D eigenvalue weighted by molar-refractivity contribution is 4.85. The molecule has 1 atom stereocenters. The molecule has 2 aliphatic rings. The third-order valence-electron chi connectivity index (χ3n) is 2.19. The quantitative estimate of drug-likeness (QED) is 0.541. The molecule has 0 aromatic rings. The topological polar surface area (TPSA) is 25.0 Å². The summed E-state index contributed by atoms with van der Waals surface area (Å²) in [4.78, 5) is 2.39. The van der Waals surface area contributed by atoms with Crippen LogP contribution >= 0.6 is 0 Å². The lowest BCUT2D eigenvalue weighted by atomic mass is 10.1. The van der Waals surface area contributed by atoms with Crippen molar-refractivity contribution >= 4 is 0 Å². The zero-order valence-corrected chi connectivity index (χ0v) is 6.95. The lowest BCUT2D eigenvalue weighted by molar-refractivity contribution is -0.0511. The van der Waals surface area contributed by atoms with Crippen molar-refractivity contribution < 1.29 is 9.47 Å². The van der Waals surface area contributed by atoms with E-state index < -0.39 is 0 Å². The van der Waals surface area contributed by atoms with Crippen LogP contribution in [0.2, 0.25) is 0 Å². The van der Waals surface area contributed by atoms with Crippen molar-refractivity contribution in [3.8, 4) is 0 Å². The predicted octanol–water partition coefficient (Wildman–Crippen LogP) is 0.106. The molecule has 2 saturated heterocycles. The zero-order valence-electron chi connectivity index (χ0n) is 6.95. The van der Waals surface area contributed by atoms with Gasteiger partial charge in [-0.3, -0.25) is 4.90 Å². The monoisotopic (exact) mass is 157 g/mol. The first kappa shape index (κ1) is 7.53. The summed E-state index contributed by atoms with van der Waals surface area (Å²) in [6, 6.07) is 0. The number of hydrogen-bond donors (Lipinski definition) is 0. The molecule has 64 valence electrons. The molecule has 0 saturated carbocycles. The van der Waals surface area contributed by atoms with Crippen molar-refractivity contribution in [2.75, 3.05) is 32.8 Å². The molecule has 0 aromatic carbocycles. The molecule has 0 radical (unpaired) electrons. The van der Waals surface area contributed by atoms with Gasteiger partial charge in [-0.15, -0.1) is 0 Å². The van der Waals surface area contributed by atoms with Crippen LogP contribution in [0.1, 0.15) is 6.92 Å². The van der Waals surface area contributed by atoms with E-state index in [2.05, 4.69) is 4.90 Å². The number of nitrogens with zero attached hydrogens (tertiary/aromatic N) is 1. The number of ether oxygens (including phenoxy) is 2. The van der Waals surface area contributed by atoms with Crippen LogP contribution in [0.5, 0.6) is 0 Å². The minimum atomic E-state index is 0.499. The average Bonchev–Trinajstić information content (AvgIpc) is 2.67. The van der Waals surface area contributed by atoms with Gasteiger partial charge in [0.15, 0.2) is 0 Å². The number of epoxide rings is 1.